The minimum atomic E-state index is 0.641. The van der Waals surface area contributed by atoms with Crippen LogP contribution in [0.2, 0.25) is 0 Å². The van der Waals surface area contributed by atoms with E-state index in [1.165, 1.54) is 11.3 Å². The van der Waals surface area contributed by atoms with E-state index >= 15 is 0 Å². The van der Waals surface area contributed by atoms with Crippen molar-refractivity contribution in [1.82, 2.24) is 25.1 Å². The summed E-state index contributed by atoms with van der Waals surface area (Å²) in [7, 11) is 0. The predicted octanol–water partition coefficient (Wildman–Crippen LogP) is 0.308. The number of hydrogen-bond acceptors (Lipinski definition) is 4. The van der Waals surface area contributed by atoms with Gasteiger partial charge < -0.3 is 5.32 Å². The van der Waals surface area contributed by atoms with E-state index in [9.17, 15) is 0 Å². The third-order valence-electron chi connectivity index (χ3n) is 2.56. The highest BCUT2D eigenvalue weighted by Gasteiger charge is 2.16. The Labute approximate surface area is 87.2 Å². The van der Waals surface area contributed by atoms with Gasteiger partial charge in [-0.3, -0.25) is 0 Å². The maximum absolute atomic E-state index is 4.32. The molecular weight excluding hydrogens is 190 g/mol. The van der Waals surface area contributed by atoms with E-state index in [-0.39, 0.29) is 0 Å². The Kier molecular flexibility index (Phi) is 1.96. The third-order valence-corrected chi connectivity index (χ3v) is 2.56. The SMILES string of the molecule is c1cnc(-n2ncc3c2CNCC3)nc1. The first-order chi connectivity index (χ1) is 7.45. The molecule has 3 heterocycles. The van der Waals surface area contributed by atoms with E-state index in [2.05, 4.69) is 20.4 Å². The zero-order valence-corrected chi connectivity index (χ0v) is 8.22. The van der Waals surface area contributed by atoms with Gasteiger partial charge in [0.05, 0.1) is 11.9 Å². The van der Waals surface area contributed by atoms with Gasteiger partial charge in [-0.1, -0.05) is 0 Å². The molecule has 0 spiro atoms. The molecule has 5 nitrogen and oxygen atoms in total. The van der Waals surface area contributed by atoms with Crippen LogP contribution >= 0.6 is 0 Å². The van der Waals surface area contributed by atoms with Crippen LogP contribution in [-0.2, 0) is 13.0 Å². The molecule has 0 aromatic carbocycles. The molecule has 0 atom stereocenters. The first-order valence-corrected chi connectivity index (χ1v) is 4.99. The van der Waals surface area contributed by atoms with E-state index in [1.807, 2.05) is 10.9 Å². The molecule has 0 saturated heterocycles. The van der Waals surface area contributed by atoms with Gasteiger partial charge in [0.2, 0.25) is 0 Å². The van der Waals surface area contributed by atoms with E-state index < -0.39 is 0 Å². The van der Waals surface area contributed by atoms with Crippen LogP contribution in [0.1, 0.15) is 11.3 Å². The maximum atomic E-state index is 4.32. The van der Waals surface area contributed by atoms with Gasteiger partial charge in [0.1, 0.15) is 0 Å². The Morgan fingerprint density at radius 1 is 1.27 bits per heavy atom. The highest BCUT2D eigenvalue weighted by atomic mass is 15.4. The summed E-state index contributed by atoms with van der Waals surface area (Å²) in [4.78, 5) is 8.38. The standard InChI is InChI=1S/C10H11N5/c1-3-12-10(13-4-1)15-9-7-11-5-2-8(9)6-14-15/h1,3-4,6,11H,2,5,7H2. The molecule has 1 N–H and O–H groups in total. The van der Waals surface area contributed by atoms with Crippen LogP contribution in [0.25, 0.3) is 5.95 Å². The minimum absolute atomic E-state index is 0.641. The number of fused-ring (bicyclic) bond motifs is 1. The van der Waals surface area contributed by atoms with Crippen molar-refractivity contribution in [3.8, 4) is 5.95 Å². The van der Waals surface area contributed by atoms with Gasteiger partial charge in [-0.2, -0.15) is 5.10 Å². The second kappa shape index (κ2) is 3.43. The van der Waals surface area contributed by atoms with Gasteiger partial charge in [0.25, 0.3) is 5.95 Å². The molecule has 0 aliphatic carbocycles. The van der Waals surface area contributed by atoms with Crippen LogP contribution in [0.15, 0.2) is 24.7 Å². The van der Waals surface area contributed by atoms with Crippen molar-refractivity contribution in [2.24, 2.45) is 0 Å². The average Bonchev–Trinajstić information content (AvgIpc) is 2.74. The summed E-state index contributed by atoms with van der Waals surface area (Å²) in [5, 5.41) is 7.64. The quantitative estimate of drug-likeness (QED) is 0.721. The van der Waals surface area contributed by atoms with E-state index in [4.69, 9.17) is 0 Å². The minimum Gasteiger partial charge on any atom is -0.311 e. The summed E-state index contributed by atoms with van der Waals surface area (Å²) in [5.74, 6) is 0.641. The molecule has 0 amide bonds. The fourth-order valence-electron chi connectivity index (χ4n) is 1.81. The Balaban J connectivity index is 2.09. The van der Waals surface area contributed by atoms with Crippen molar-refractivity contribution in [2.45, 2.75) is 13.0 Å². The van der Waals surface area contributed by atoms with Crippen LogP contribution in [0.3, 0.4) is 0 Å². The summed E-state index contributed by atoms with van der Waals surface area (Å²) >= 11 is 0. The topological polar surface area (TPSA) is 55.6 Å². The van der Waals surface area contributed by atoms with E-state index in [0.717, 1.165) is 19.5 Å². The zero-order chi connectivity index (χ0) is 10.1. The lowest BCUT2D eigenvalue weighted by molar-refractivity contribution is 0.607. The van der Waals surface area contributed by atoms with Gasteiger partial charge in [-0.15, -0.1) is 0 Å². The molecule has 2 aromatic heterocycles. The average molecular weight is 201 g/mol. The summed E-state index contributed by atoms with van der Waals surface area (Å²) < 4.78 is 1.81. The maximum Gasteiger partial charge on any atom is 0.250 e. The van der Waals surface area contributed by atoms with Crippen molar-refractivity contribution in [3.63, 3.8) is 0 Å². The smallest absolute Gasteiger partial charge is 0.250 e. The lowest BCUT2D eigenvalue weighted by atomic mass is 10.1. The van der Waals surface area contributed by atoms with Crippen LogP contribution in [0, 0.1) is 0 Å². The predicted molar refractivity (Wildman–Crippen MR) is 54.6 cm³/mol. The molecule has 1 aliphatic heterocycles. The number of hydrogen-bond donors (Lipinski definition) is 1. The number of aromatic nitrogens is 4. The van der Waals surface area contributed by atoms with Crippen molar-refractivity contribution < 1.29 is 0 Å². The molecule has 0 saturated carbocycles. The summed E-state index contributed by atoms with van der Waals surface area (Å²) in [6.45, 7) is 1.86. The van der Waals surface area contributed by atoms with Gasteiger partial charge >= 0.3 is 0 Å². The highest BCUT2D eigenvalue weighted by Crippen LogP contribution is 2.14. The molecule has 5 heteroatoms. The highest BCUT2D eigenvalue weighted by molar-refractivity contribution is 5.26. The lowest BCUT2D eigenvalue weighted by Crippen LogP contribution is -2.25. The van der Waals surface area contributed by atoms with Crippen LogP contribution in [0.5, 0.6) is 0 Å². The summed E-state index contributed by atoms with van der Waals surface area (Å²) in [5.41, 5.74) is 2.47. The Bertz CT molecular complexity index is 462. The fraction of sp³-hybridized carbons (Fsp3) is 0.300. The Morgan fingerprint density at radius 2 is 2.13 bits per heavy atom. The first kappa shape index (κ1) is 8.55. The van der Waals surface area contributed by atoms with Crippen LogP contribution in [-0.4, -0.2) is 26.3 Å². The van der Waals surface area contributed by atoms with E-state index in [1.54, 1.807) is 18.5 Å². The van der Waals surface area contributed by atoms with Crippen molar-refractivity contribution >= 4 is 0 Å². The third kappa shape index (κ3) is 1.41. The molecule has 1 aliphatic rings. The number of nitrogens with zero attached hydrogens (tertiary/aromatic N) is 4. The van der Waals surface area contributed by atoms with E-state index in [0.29, 0.717) is 5.95 Å². The van der Waals surface area contributed by atoms with Gasteiger partial charge in [0, 0.05) is 18.9 Å². The second-order valence-corrected chi connectivity index (χ2v) is 3.50. The number of nitrogens with one attached hydrogen (secondary N) is 1. The summed E-state index contributed by atoms with van der Waals surface area (Å²) in [6.07, 6.45) is 6.40. The fourth-order valence-corrected chi connectivity index (χ4v) is 1.81. The van der Waals surface area contributed by atoms with Crippen molar-refractivity contribution in [1.29, 1.82) is 0 Å². The Morgan fingerprint density at radius 3 is 3.00 bits per heavy atom. The van der Waals surface area contributed by atoms with Gasteiger partial charge in [0.15, 0.2) is 0 Å². The molecule has 0 fully saturated rings. The molecule has 0 radical (unpaired) electrons. The zero-order valence-electron chi connectivity index (χ0n) is 8.22. The normalized spacial score (nSPS) is 14.9. The van der Waals surface area contributed by atoms with Crippen molar-refractivity contribution in [2.75, 3.05) is 6.54 Å². The summed E-state index contributed by atoms with van der Waals surface area (Å²) in [6, 6.07) is 1.80. The lowest BCUT2D eigenvalue weighted by Gasteiger charge is -2.13. The molecule has 0 unspecified atom stereocenters. The number of rotatable bonds is 1. The van der Waals surface area contributed by atoms with Gasteiger partial charge in [-0.05, 0) is 24.6 Å². The van der Waals surface area contributed by atoms with Crippen LogP contribution in [0.4, 0.5) is 0 Å². The molecule has 15 heavy (non-hydrogen) atoms. The molecule has 2 aromatic rings. The Hall–Kier alpha value is -1.75. The molecule has 0 bridgehead atoms. The molecule has 76 valence electrons. The monoisotopic (exact) mass is 201 g/mol. The second-order valence-electron chi connectivity index (χ2n) is 3.50. The first-order valence-electron chi connectivity index (χ1n) is 4.99. The molecular formula is C10H11N5. The molecule has 3 rings (SSSR count). The van der Waals surface area contributed by atoms with Crippen molar-refractivity contribution in [3.05, 3.63) is 35.9 Å². The van der Waals surface area contributed by atoms with Gasteiger partial charge in [-0.25, -0.2) is 14.6 Å². The van der Waals surface area contributed by atoms with Crippen LogP contribution < -0.4 is 5.32 Å². The largest absolute Gasteiger partial charge is 0.311 e.